The number of esters is 1. The van der Waals surface area contributed by atoms with Crippen LogP contribution in [0, 0.1) is 0 Å². The summed E-state index contributed by atoms with van der Waals surface area (Å²) in [4.78, 5) is 23.9. The lowest BCUT2D eigenvalue weighted by Crippen LogP contribution is -2.20. The number of nitrogens with zero attached hydrogens (tertiary/aromatic N) is 2. The van der Waals surface area contributed by atoms with Gasteiger partial charge in [-0.05, 0) is 36.4 Å². The predicted molar refractivity (Wildman–Crippen MR) is 97.0 cm³/mol. The van der Waals surface area contributed by atoms with Gasteiger partial charge in [0.15, 0.2) is 6.61 Å². The van der Waals surface area contributed by atoms with Crippen LogP contribution in [-0.4, -0.2) is 34.9 Å². The van der Waals surface area contributed by atoms with E-state index in [2.05, 4.69) is 15.2 Å². The Kier molecular flexibility index (Phi) is 6.45. The first kappa shape index (κ1) is 20.3. The van der Waals surface area contributed by atoms with Crippen molar-refractivity contribution in [2.75, 3.05) is 11.9 Å². The Morgan fingerprint density at radius 2 is 2.10 bits per heavy atom. The Hall–Kier alpha value is -3.40. The fourth-order valence-electron chi connectivity index (χ4n) is 2.30. The summed E-state index contributed by atoms with van der Waals surface area (Å²) in [5.74, 6) is -1.26. The predicted octanol–water partition coefficient (Wildman–Crippen LogP) is 3.57. The molecule has 2 heterocycles. The summed E-state index contributed by atoms with van der Waals surface area (Å²) < 4.78 is 40.5. The molecule has 0 saturated heterocycles. The van der Waals surface area contributed by atoms with Crippen LogP contribution in [0.4, 0.5) is 14.5 Å². The maximum atomic E-state index is 12.2. The van der Waals surface area contributed by atoms with Crippen molar-refractivity contribution in [2.24, 2.45) is 0 Å². The van der Waals surface area contributed by atoms with Gasteiger partial charge < -0.3 is 19.2 Å². The van der Waals surface area contributed by atoms with E-state index in [0.29, 0.717) is 12.3 Å². The average molecular weight is 426 g/mol. The number of carbonyl (C=O) groups excluding carboxylic acids is 2. The van der Waals surface area contributed by atoms with Crippen molar-refractivity contribution < 1.29 is 32.3 Å². The van der Waals surface area contributed by atoms with Gasteiger partial charge in [0, 0.05) is 18.1 Å². The molecule has 0 aliphatic heterocycles. The third-order valence-electron chi connectivity index (χ3n) is 3.51. The van der Waals surface area contributed by atoms with Gasteiger partial charge in [0.25, 0.3) is 5.91 Å². The number of ether oxygens (including phenoxy) is 2. The minimum atomic E-state index is -3.02. The molecule has 152 valence electrons. The molecular formula is C18H14ClF2N3O5. The molecule has 3 rings (SSSR count). The largest absolute Gasteiger partial charge is 0.452 e. The zero-order valence-electron chi connectivity index (χ0n) is 14.7. The molecule has 3 aromatic rings. The standard InChI is InChI=1S/C18H14ClF2N3O5/c19-13-8-11(2-4-14(13)29-18(20)21)23-16(25)10-27-17(26)15-5-3-12(28-15)9-24-7-1-6-22-24/h1-8,18H,9-10H2,(H,23,25). The normalized spacial score (nSPS) is 10.8. The van der Waals surface area contributed by atoms with E-state index in [1.54, 1.807) is 29.2 Å². The molecule has 0 bridgehead atoms. The number of nitrogens with one attached hydrogen (secondary N) is 1. The van der Waals surface area contributed by atoms with Crippen molar-refractivity contribution >= 4 is 29.2 Å². The SMILES string of the molecule is O=C(COC(=O)c1ccc(Cn2cccn2)o1)Nc1ccc(OC(F)F)c(Cl)c1. The van der Waals surface area contributed by atoms with Crippen molar-refractivity contribution in [1.29, 1.82) is 0 Å². The zero-order chi connectivity index (χ0) is 20.8. The summed E-state index contributed by atoms with van der Waals surface area (Å²) in [6, 6.07) is 8.51. The fourth-order valence-corrected chi connectivity index (χ4v) is 2.52. The molecule has 0 fully saturated rings. The second-order valence-corrected chi connectivity index (χ2v) is 6.02. The topological polar surface area (TPSA) is 95.6 Å². The second-order valence-electron chi connectivity index (χ2n) is 5.62. The molecule has 11 heteroatoms. The minimum absolute atomic E-state index is 0.0588. The molecule has 0 spiro atoms. The fraction of sp³-hybridized carbons (Fsp3) is 0.167. The molecule has 0 aliphatic rings. The first-order chi connectivity index (χ1) is 13.9. The summed E-state index contributed by atoms with van der Waals surface area (Å²) in [6.07, 6.45) is 3.35. The summed E-state index contributed by atoms with van der Waals surface area (Å²) >= 11 is 5.80. The number of amides is 1. The molecule has 0 saturated carbocycles. The summed E-state index contributed by atoms with van der Waals surface area (Å²) in [7, 11) is 0. The van der Waals surface area contributed by atoms with Crippen LogP contribution in [0.2, 0.25) is 5.02 Å². The molecule has 0 unspecified atom stereocenters. The smallest absolute Gasteiger partial charge is 0.387 e. The van der Waals surface area contributed by atoms with E-state index >= 15 is 0 Å². The number of anilines is 1. The number of furan rings is 1. The van der Waals surface area contributed by atoms with Crippen molar-refractivity contribution in [3.05, 3.63) is 65.3 Å². The van der Waals surface area contributed by atoms with Gasteiger partial charge in [-0.15, -0.1) is 0 Å². The summed E-state index contributed by atoms with van der Waals surface area (Å²) in [5.41, 5.74) is 0.220. The Bertz CT molecular complexity index is 991. The van der Waals surface area contributed by atoms with E-state index in [-0.39, 0.29) is 22.2 Å². The highest BCUT2D eigenvalue weighted by Gasteiger charge is 2.16. The molecule has 8 nitrogen and oxygen atoms in total. The van der Waals surface area contributed by atoms with Crippen LogP contribution in [0.3, 0.4) is 0 Å². The van der Waals surface area contributed by atoms with Gasteiger partial charge in [0.05, 0.1) is 11.6 Å². The van der Waals surface area contributed by atoms with E-state index in [0.717, 1.165) is 0 Å². The third-order valence-corrected chi connectivity index (χ3v) is 3.80. The molecular weight excluding hydrogens is 412 g/mol. The van der Waals surface area contributed by atoms with Crippen LogP contribution < -0.4 is 10.1 Å². The van der Waals surface area contributed by atoms with Crippen molar-refractivity contribution in [3.63, 3.8) is 0 Å². The molecule has 0 radical (unpaired) electrons. The molecule has 1 N–H and O–H groups in total. The van der Waals surface area contributed by atoms with Crippen molar-refractivity contribution in [1.82, 2.24) is 9.78 Å². The summed E-state index contributed by atoms with van der Waals surface area (Å²) in [6.45, 7) is -3.26. The van der Waals surface area contributed by atoms with Crippen molar-refractivity contribution in [2.45, 2.75) is 13.2 Å². The number of carbonyl (C=O) groups is 2. The maximum Gasteiger partial charge on any atom is 0.387 e. The monoisotopic (exact) mass is 425 g/mol. The molecule has 29 heavy (non-hydrogen) atoms. The number of hydrogen-bond donors (Lipinski definition) is 1. The minimum Gasteiger partial charge on any atom is -0.452 e. The average Bonchev–Trinajstić information content (AvgIpc) is 3.34. The first-order valence-electron chi connectivity index (χ1n) is 8.18. The van der Waals surface area contributed by atoms with Gasteiger partial charge in [-0.2, -0.15) is 13.9 Å². The number of alkyl halides is 2. The van der Waals surface area contributed by atoms with Crippen LogP contribution >= 0.6 is 11.6 Å². The highest BCUT2D eigenvalue weighted by molar-refractivity contribution is 6.32. The van der Waals surface area contributed by atoms with E-state index in [4.69, 9.17) is 20.8 Å². The summed E-state index contributed by atoms with van der Waals surface area (Å²) in [5, 5.41) is 6.33. The van der Waals surface area contributed by atoms with E-state index in [9.17, 15) is 18.4 Å². The molecule has 0 aliphatic carbocycles. The highest BCUT2D eigenvalue weighted by Crippen LogP contribution is 2.28. The quantitative estimate of drug-likeness (QED) is 0.554. The van der Waals surface area contributed by atoms with Gasteiger partial charge in [-0.1, -0.05) is 11.6 Å². The Morgan fingerprint density at radius 3 is 2.79 bits per heavy atom. The van der Waals surface area contributed by atoms with Crippen LogP contribution in [0.1, 0.15) is 16.3 Å². The Labute approximate surface area is 168 Å². The zero-order valence-corrected chi connectivity index (χ0v) is 15.4. The van der Waals surface area contributed by atoms with E-state index in [1.807, 2.05) is 0 Å². The Morgan fingerprint density at radius 1 is 1.28 bits per heavy atom. The molecule has 0 atom stereocenters. The van der Waals surface area contributed by atoms with Crippen LogP contribution in [0.25, 0.3) is 0 Å². The van der Waals surface area contributed by atoms with E-state index in [1.165, 1.54) is 24.3 Å². The van der Waals surface area contributed by atoms with Gasteiger partial charge in [0.1, 0.15) is 11.5 Å². The highest BCUT2D eigenvalue weighted by atomic mass is 35.5. The van der Waals surface area contributed by atoms with Gasteiger partial charge in [0.2, 0.25) is 5.76 Å². The van der Waals surface area contributed by atoms with Gasteiger partial charge in [-0.3, -0.25) is 9.48 Å². The molecule has 1 aromatic carbocycles. The molecule has 1 amide bonds. The van der Waals surface area contributed by atoms with Crippen LogP contribution in [0.15, 0.2) is 53.2 Å². The first-order valence-corrected chi connectivity index (χ1v) is 8.56. The van der Waals surface area contributed by atoms with Crippen molar-refractivity contribution in [3.8, 4) is 5.75 Å². The molecule has 2 aromatic heterocycles. The lowest BCUT2D eigenvalue weighted by molar-refractivity contribution is -0.119. The Balaban J connectivity index is 1.49. The maximum absolute atomic E-state index is 12.2. The van der Waals surface area contributed by atoms with Gasteiger partial charge >= 0.3 is 12.6 Å². The number of benzene rings is 1. The van der Waals surface area contributed by atoms with Crippen LogP contribution in [-0.2, 0) is 16.1 Å². The number of halogens is 3. The second kappa shape index (κ2) is 9.20. The van der Waals surface area contributed by atoms with Gasteiger partial charge in [-0.25, -0.2) is 4.79 Å². The lowest BCUT2D eigenvalue weighted by atomic mass is 10.3. The number of hydrogen-bond acceptors (Lipinski definition) is 6. The van der Waals surface area contributed by atoms with Crippen LogP contribution in [0.5, 0.6) is 5.75 Å². The van der Waals surface area contributed by atoms with E-state index < -0.39 is 25.1 Å². The number of aromatic nitrogens is 2. The third kappa shape index (κ3) is 5.79. The number of rotatable bonds is 8. The lowest BCUT2D eigenvalue weighted by Gasteiger charge is -2.09.